The van der Waals surface area contributed by atoms with Crippen LogP contribution in [0.15, 0.2) is 54.4 Å². The fourth-order valence-electron chi connectivity index (χ4n) is 5.90. The number of aromatic nitrogens is 5. The summed E-state index contributed by atoms with van der Waals surface area (Å²) in [6.07, 6.45) is 6.28. The topological polar surface area (TPSA) is 89.7 Å². The molecular weight excluding hydrogens is 584 g/mol. The molecule has 2 aromatic carbocycles. The molecule has 1 amide bonds. The van der Waals surface area contributed by atoms with Crippen LogP contribution in [0, 0.1) is 0 Å². The number of amides is 1. The SMILES string of the molecule is O=C(Nc1nccs1)C(c1ncn2c1C[C@@H](F)C2)n1cc2c(Cl)cc(-c3ccc(C4CCNCC4)cc3)c(Cl)c2n1. The van der Waals surface area contributed by atoms with Crippen LogP contribution in [0.2, 0.25) is 10.0 Å². The maximum Gasteiger partial charge on any atom is 0.257 e. The smallest absolute Gasteiger partial charge is 0.257 e. The molecule has 8 nitrogen and oxygen atoms in total. The number of nitrogens with one attached hydrogen (secondary N) is 2. The van der Waals surface area contributed by atoms with E-state index in [-0.39, 0.29) is 13.0 Å². The average molecular weight is 611 g/mol. The Kier molecular flexibility index (Phi) is 7.02. The van der Waals surface area contributed by atoms with Gasteiger partial charge in [-0.2, -0.15) is 5.10 Å². The number of thiazole rings is 1. The van der Waals surface area contributed by atoms with Crippen molar-refractivity contribution >= 4 is 56.5 Å². The van der Waals surface area contributed by atoms with Crippen molar-refractivity contribution in [3.05, 3.63) is 81.4 Å². The molecule has 3 aromatic heterocycles. The van der Waals surface area contributed by atoms with Gasteiger partial charge in [-0.15, -0.1) is 11.3 Å². The maximum atomic E-state index is 14.3. The van der Waals surface area contributed by atoms with Crippen molar-refractivity contribution in [3.63, 3.8) is 0 Å². The second kappa shape index (κ2) is 10.8. The normalized spacial score (nSPS) is 18.1. The summed E-state index contributed by atoms with van der Waals surface area (Å²) in [4.78, 5) is 22.4. The highest BCUT2D eigenvalue weighted by Crippen LogP contribution is 2.40. The molecule has 0 saturated carbocycles. The third kappa shape index (κ3) is 4.92. The summed E-state index contributed by atoms with van der Waals surface area (Å²) in [7, 11) is 0. The summed E-state index contributed by atoms with van der Waals surface area (Å²) in [5.41, 5.74) is 4.60. The van der Waals surface area contributed by atoms with Crippen LogP contribution >= 0.6 is 34.5 Å². The Bertz CT molecular complexity index is 1730. The Labute approximate surface area is 249 Å². The number of rotatable bonds is 6. The van der Waals surface area contributed by atoms with Crippen LogP contribution in [-0.2, 0) is 17.8 Å². The van der Waals surface area contributed by atoms with Crippen LogP contribution < -0.4 is 10.6 Å². The molecule has 5 heterocycles. The van der Waals surface area contributed by atoms with E-state index in [4.69, 9.17) is 28.3 Å². The number of piperidine rings is 1. The molecular formula is C29H26Cl2FN7OS. The standard InChI is InChI=1S/C29H26Cl2FN7OS/c30-22-12-20(18-3-1-16(2-4-18)17-5-7-33-8-6-17)24(31)25-21(22)14-39(37-25)27(28(40)36-29-34-9-10-41-29)26-23-11-19(32)13-38(23)15-35-26/h1-4,9-10,12,14-15,17,19,27,33H,5-8,11,13H2,(H,34,36,40)/t19-,27?/m1/s1. The van der Waals surface area contributed by atoms with E-state index in [2.05, 4.69) is 44.9 Å². The van der Waals surface area contributed by atoms with Gasteiger partial charge in [0.15, 0.2) is 11.2 Å². The summed E-state index contributed by atoms with van der Waals surface area (Å²) in [6.45, 7) is 2.28. The molecule has 2 aliphatic rings. The number of nitrogens with zero attached hydrogens (tertiary/aromatic N) is 5. The molecule has 5 aromatic rings. The van der Waals surface area contributed by atoms with Gasteiger partial charge in [-0.3, -0.25) is 14.8 Å². The second-order valence-electron chi connectivity index (χ2n) is 10.5. The molecule has 41 heavy (non-hydrogen) atoms. The van der Waals surface area contributed by atoms with E-state index in [1.165, 1.54) is 21.6 Å². The van der Waals surface area contributed by atoms with E-state index >= 15 is 0 Å². The first-order valence-corrected chi connectivity index (χ1v) is 15.2. The van der Waals surface area contributed by atoms with Crippen molar-refractivity contribution < 1.29 is 9.18 Å². The fraction of sp³-hybridized carbons (Fsp3) is 0.310. The molecule has 1 saturated heterocycles. The average Bonchev–Trinajstić information content (AvgIpc) is 3.78. The van der Waals surface area contributed by atoms with E-state index in [0.29, 0.717) is 43.4 Å². The molecule has 2 aliphatic heterocycles. The number of carbonyl (C=O) groups excluding carboxylic acids is 1. The van der Waals surface area contributed by atoms with Crippen LogP contribution in [0.3, 0.4) is 0 Å². The maximum absolute atomic E-state index is 14.3. The molecule has 7 rings (SSSR count). The monoisotopic (exact) mass is 609 g/mol. The van der Waals surface area contributed by atoms with Crippen LogP contribution in [-0.4, -0.2) is 49.5 Å². The van der Waals surface area contributed by atoms with Gasteiger partial charge in [-0.25, -0.2) is 14.4 Å². The zero-order valence-corrected chi connectivity index (χ0v) is 24.2. The Morgan fingerprint density at radius 1 is 1.17 bits per heavy atom. The Balaban J connectivity index is 1.28. The summed E-state index contributed by atoms with van der Waals surface area (Å²) in [5, 5.41) is 14.8. The lowest BCUT2D eigenvalue weighted by Crippen LogP contribution is -2.28. The molecule has 0 aliphatic carbocycles. The van der Waals surface area contributed by atoms with Gasteiger partial charge in [-0.1, -0.05) is 47.5 Å². The molecule has 0 radical (unpaired) electrons. The van der Waals surface area contributed by atoms with Gasteiger partial charge >= 0.3 is 0 Å². The lowest BCUT2D eigenvalue weighted by molar-refractivity contribution is -0.118. The van der Waals surface area contributed by atoms with E-state index in [0.717, 1.165) is 37.1 Å². The number of benzene rings is 2. The number of imidazole rings is 1. The summed E-state index contributed by atoms with van der Waals surface area (Å²) in [5.74, 6) is 0.157. The fourth-order valence-corrected chi connectivity index (χ4v) is 6.99. The highest BCUT2D eigenvalue weighted by Gasteiger charge is 2.34. The van der Waals surface area contributed by atoms with Crippen LogP contribution in [0.5, 0.6) is 0 Å². The van der Waals surface area contributed by atoms with Crippen molar-refractivity contribution in [2.24, 2.45) is 0 Å². The van der Waals surface area contributed by atoms with Gasteiger partial charge in [0.05, 0.1) is 28.6 Å². The highest BCUT2D eigenvalue weighted by molar-refractivity contribution is 7.13. The molecule has 0 spiro atoms. The number of carbonyl (C=O) groups is 1. The Hall–Kier alpha value is -3.31. The van der Waals surface area contributed by atoms with Crippen molar-refractivity contribution in [1.82, 2.24) is 29.6 Å². The van der Waals surface area contributed by atoms with Crippen molar-refractivity contribution in [2.75, 3.05) is 18.4 Å². The zero-order valence-electron chi connectivity index (χ0n) is 21.9. The largest absolute Gasteiger partial charge is 0.331 e. The van der Waals surface area contributed by atoms with Crippen molar-refractivity contribution in [3.8, 4) is 11.1 Å². The predicted molar refractivity (Wildman–Crippen MR) is 160 cm³/mol. The molecule has 2 atom stereocenters. The number of hydrogen-bond acceptors (Lipinski definition) is 6. The summed E-state index contributed by atoms with van der Waals surface area (Å²) < 4.78 is 17.6. The second-order valence-corrected chi connectivity index (χ2v) is 12.2. The van der Waals surface area contributed by atoms with Crippen molar-refractivity contribution in [2.45, 2.75) is 43.9 Å². The first-order valence-electron chi connectivity index (χ1n) is 13.5. The minimum atomic E-state index is -1.03. The molecule has 1 fully saturated rings. The number of anilines is 1. The molecule has 12 heteroatoms. The lowest BCUT2D eigenvalue weighted by Gasteiger charge is -2.23. The Morgan fingerprint density at radius 2 is 1.98 bits per heavy atom. The third-order valence-corrected chi connectivity index (χ3v) is 9.34. The summed E-state index contributed by atoms with van der Waals surface area (Å²) in [6, 6.07) is 9.33. The van der Waals surface area contributed by atoms with Gasteiger partial charge in [-0.05, 0) is 49.0 Å². The van der Waals surface area contributed by atoms with Gasteiger partial charge in [0.2, 0.25) is 0 Å². The number of alkyl halides is 1. The van der Waals surface area contributed by atoms with Gasteiger partial charge in [0.25, 0.3) is 5.91 Å². The van der Waals surface area contributed by atoms with E-state index in [9.17, 15) is 9.18 Å². The highest BCUT2D eigenvalue weighted by atomic mass is 35.5. The molecule has 210 valence electrons. The molecule has 0 bridgehead atoms. The Morgan fingerprint density at radius 3 is 2.73 bits per heavy atom. The minimum Gasteiger partial charge on any atom is -0.331 e. The van der Waals surface area contributed by atoms with E-state index < -0.39 is 18.1 Å². The van der Waals surface area contributed by atoms with Crippen molar-refractivity contribution in [1.29, 1.82) is 0 Å². The summed E-state index contributed by atoms with van der Waals surface area (Å²) >= 11 is 15.1. The first kappa shape index (κ1) is 26.6. The quantitative estimate of drug-likeness (QED) is 0.237. The minimum absolute atomic E-state index is 0.177. The van der Waals surface area contributed by atoms with Gasteiger partial charge in [0.1, 0.15) is 11.7 Å². The zero-order chi connectivity index (χ0) is 28.1. The van der Waals surface area contributed by atoms with Crippen LogP contribution in [0.1, 0.15) is 41.8 Å². The van der Waals surface area contributed by atoms with Crippen LogP contribution in [0.4, 0.5) is 9.52 Å². The molecule has 2 N–H and O–H groups in total. The van der Waals surface area contributed by atoms with Crippen LogP contribution in [0.25, 0.3) is 22.0 Å². The number of hydrogen-bond donors (Lipinski definition) is 2. The predicted octanol–water partition coefficient (Wildman–Crippen LogP) is 6.25. The lowest BCUT2D eigenvalue weighted by atomic mass is 9.89. The first-order chi connectivity index (χ1) is 20.0. The number of fused-ring (bicyclic) bond motifs is 2. The van der Waals surface area contributed by atoms with Gasteiger partial charge in [0, 0.05) is 40.8 Å². The van der Waals surface area contributed by atoms with Gasteiger partial charge < -0.3 is 9.88 Å². The number of halogens is 3. The third-order valence-electron chi connectivity index (χ3n) is 7.96. The van der Waals surface area contributed by atoms with E-state index in [1.54, 1.807) is 28.7 Å². The molecule has 1 unspecified atom stereocenters. The van der Waals surface area contributed by atoms with E-state index in [1.807, 2.05) is 6.07 Å².